The van der Waals surface area contributed by atoms with Crippen LogP contribution >= 0.6 is 0 Å². The normalized spacial score (nSPS) is 19.7. The molecule has 0 spiro atoms. The van der Waals surface area contributed by atoms with Crippen molar-refractivity contribution in [1.29, 1.82) is 0 Å². The lowest BCUT2D eigenvalue weighted by atomic mass is 10.2. The van der Waals surface area contributed by atoms with Crippen molar-refractivity contribution in [3.05, 3.63) is 35.7 Å². The molecule has 1 aromatic rings. The van der Waals surface area contributed by atoms with E-state index in [1.807, 2.05) is 18.7 Å². The SMILES string of the molecule is CC(C)=CC(=O)NC[C@H]1CN(c2ccc(N3CCOCC3)c(F)c2)C(=O)O1. The molecule has 0 aromatic heterocycles. The van der Waals surface area contributed by atoms with Crippen molar-refractivity contribution >= 4 is 23.4 Å². The van der Waals surface area contributed by atoms with Gasteiger partial charge in [-0.3, -0.25) is 9.69 Å². The van der Waals surface area contributed by atoms with Crippen LogP contribution in [-0.2, 0) is 14.3 Å². The molecular weight excluding hydrogens is 353 g/mol. The van der Waals surface area contributed by atoms with Gasteiger partial charge in [0, 0.05) is 19.2 Å². The van der Waals surface area contributed by atoms with E-state index in [1.165, 1.54) is 17.0 Å². The van der Waals surface area contributed by atoms with Crippen LogP contribution in [0.5, 0.6) is 0 Å². The number of anilines is 2. The highest BCUT2D eigenvalue weighted by Gasteiger charge is 2.33. The van der Waals surface area contributed by atoms with Crippen LogP contribution in [0.3, 0.4) is 0 Å². The molecule has 7 nitrogen and oxygen atoms in total. The molecule has 0 saturated carbocycles. The fourth-order valence-corrected chi connectivity index (χ4v) is 3.09. The number of carbonyl (C=O) groups excluding carboxylic acids is 2. The zero-order valence-corrected chi connectivity index (χ0v) is 15.5. The first-order chi connectivity index (χ1) is 12.9. The molecule has 2 heterocycles. The molecule has 2 aliphatic heterocycles. The highest BCUT2D eigenvalue weighted by atomic mass is 19.1. The smallest absolute Gasteiger partial charge is 0.414 e. The standard InChI is InChI=1S/C19H24FN3O4/c1-13(2)9-18(24)21-11-15-12-23(19(25)27-15)14-3-4-17(16(20)10-14)22-5-7-26-8-6-22/h3-4,9-10,15H,5-8,11-12H2,1-2H3,(H,21,24)/t15-/m0/s1. The van der Waals surface area contributed by atoms with Crippen LogP contribution in [0.25, 0.3) is 0 Å². The molecule has 0 aliphatic carbocycles. The van der Waals surface area contributed by atoms with Crippen LogP contribution < -0.4 is 15.1 Å². The van der Waals surface area contributed by atoms with E-state index in [0.717, 1.165) is 5.57 Å². The molecule has 0 bridgehead atoms. The Labute approximate surface area is 157 Å². The van der Waals surface area contributed by atoms with Crippen molar-refractivity contribution in [2.75, 3.05) is 49.2 Å². The molecule has 2 aliphatic rings. The minimum Gasteiger partial charge on any atom is -0.442 e. The number of halogens is 1. The molecule has 27 heavy (non-hydrogen) atoms. The van der Waals surface area contributed by atoms with E-state index in [2.05, 4.69) is 5.32 Å². The van der Waals surface area contributed by atoms with Gasteiger partial charge < -0.3 is 19.7 Å². The van der Waals surface area contributed by atoms with Gasteiger partial charge in [0.25, 0.3) is 0 Å². The Morgan fingerprint density at radius 2 is 2.07 bits per heavy atom. The number of hydrogen-bond donors (Lipinski definition) is 1. The van der Waals surface area contributed by atoms with Gasteiger partial charge in [0.1, 0.15) is 11.9 Å². The summed E-state index contributed by atoms with van der Waals surface area (Å²) in [6.07, 6.45) is 0.456. The van der Waals surface area contributed by atoms with Gasteiger partial charge >= 0.3 is 6.09 Å². The number of amides is 2. The number of nitrogens with one attached hydrogen (secondary N) is 1. The van der Waals surface area contributed by atoms with E-state index >= 15 is 0 Å². The third-order valence-corrected chi connectivity index (χ3v) is 4.39. The average Bonchev–Trinajstić information content (AvgIpc) is 3.01. The molecule has 3 rings (SSSR count). The number of morpholine rings is 1. The molecule has 0 unspecified atom stereocenters. The van der Waals surface area contributed by atoms with Crippen molar-refractivity contribution in [1.82, 2.24) is 5.32 Å². The number of ether oxygens (including phenoxy) is 2. The number of benzene rings is 1. The Morgan fingerprint density at radius 1 is 1.33 bits per heavy atom. The summed E-state index contributed by atoms with van der Waals surface area (Å²) in [4.78, 5) is 27.1. The van der Waals surface area contributed by atoms with Gasteiger partial charge in [0.15, 0.2) is 0 Å². The monoisotopic (exact) mass is 377 g/mol. The zero-order valence-electron chi connectivity index (χ0n) is 15.5. The van der Waals surface area contributed by atoms with Crippen LogP contribution in [0, 0.1) is 5.82 Å². The highest BCUT2D eigenvalue weighted by Crippen LogP contribution is 2.28. The molecule has 146 valence electrons. The maximum atomic E-state index is 14.6. The predicted molar refractivity (Wildman–Crippen MR) is 99.5 cm³/mol. The predicted octanol–water partition coefficient (Wildman–Crippen LogP) is 2.07. The maximum absolute atomic E-state index is 14.6. The molecule has 0 radical (unpaired) electrons. The van der Waals surface area contributed by atoms with E-state index in [-0.39, 0.29) is 24.8 Å². The van der Waals surface area contributed by atoms with E-state index in [1.54, 1.807) is 12.1 Å². The lowest BCUT2D eigenvalue weighted by molar-refractivity contribution is -0.116. The van der Waals surface area contributed by atoms with Crippen LogP contribution in [0.15, 0.2) is 29.8 Å². The average molecular weight is 377 g/mol. The lowest BCUT2D eigenvalue weighted by Gasteiger charge is -2.29. The molecule has 2 saturated heterocycles. The minimum atomic E-state index is -0.546. The van der Waals surface area contributed by atoms with Crippen molar-refractivity contribution in [3.63, 3.8) is 0 Å². The summed E-state index contributed by atoms with van der Waals surface area (Å²) in [5, 5.41) is 2.70. The van der Waals surface area contributed by atoms with Crippen LogP contribution in [-0.4, -0.2) is 57.5 Å². The van der Waals surface area contributed by atoms with Gasteiger partial charge in [-0.1, -0.05) is 5.57 Å². The van der Waals surface area contributed by atoms with Gasteiger partial charge in [-0.05, 0) is 32.0 Å². The lowest BCUT2D eigenvalue weighted by Crippen LogP contribution is -2.36. The Balaban J connectivity index is 1.62. The molecule has 1 aromatic carbocycles. The molecule has 2 amide bonds. The zero-order chi connectivity index (χ0) is 19.4. The van der Waals surface area contributed by atoms with Gasteiger partial charge in [-0.2, -0.15) is 0 Å². The summed E-state index contributed by atoms with van der Waals surface area (Å²) in [7, 11) is 0. The molecular formula is C19H24FN3O4. The summed E-state index contributed by atoms with van der Waals surface area (Å²) in [6.45, 7) is 6.52. The fraction of sp³-hybridized carbons (Fsp3) is 0.474. The van der Waals surface area contributed by atoms with E-state index in [0.29, 0.717) is 37.7 Å². The second-order valence-electron chi connectivity index (χ2n) is 6.82. The summed E-state index contributed by atoms with van der Waals surface area (Å²) in [5.41, 5.74) is 1.82. The molecule has 1 N–H and O–H groups in total. The number of cyclic esters (lactones) is 1. The van der Waals surface area contributed by atoms with Gasteiger partial charge in [-0.25, -0.2) is 9.18 Å². The number of hydrogen-bond acceptors (Lipinski definition) is 5. The van der Waals surface area contributed by atoms with Gasteiger partial charge in [0.05, 0.1) is 37.7 Å². The first-order valence-electron chi connectivity index (χ1n) is 8.97. The second kappa shape index (κ2) is 8.39. The summed E-state index contributed by atoms with van der Waals surface area (Å²) < 4.78 is 25.1. The summed E-state index contributed by atoms with van der Waals surface area (Å²) in [6, 6.07) is 4.72. The summed E-state index contributed by atoms with van der Waals surface area (Å²) in [5.74, 6) is -0.618. The maximum Gasteiger partial charge on any atom is 0.414 e. The topological polar surface area (TPSA) is 71.1 Å². The van der Waals surface area contributed by atoms with Crippen LogP contribution in [0.1, 0.15) is 13.8 Å². The number of allylic oxidation sites excluding steroid dienone is 1. The largest absolute Gasteiger partial charge is 0.442 e. The number of nitrogens with zero attached hydrogens (tertiary/aromatic N) is 2. The van der Waals surface area contributed by atoms with Gasteiger partial charge in [-0.15, -0.1) is 0 Å². The number of carbonyl (C=O) groups is 2. The quantitative estimate of drug-likeness (QED) is 0.796. The third-order valence-electron chi connectivity index (χ3n) is 4.39. The van der Waals surface area contributed by atoms with Crippen molar-refractivity contribution in [3.8, 4) is 0 Å². The summed E-state index contributed by atoms with van der Waals surface area (Å²) >= 11 is 0. The third kappa shape index (κ3) is 4.77. The van der Waals surface area contributed by atoms with Crippen molar-refractivity contribution in [2.45, 2.75) is 20.0 Å². The van der Waals surface area contributed by atoms with Crippen molar-refractivity contribution in [2.24, 2.45) is 0 Å². The highest BCUT2D eigenvalue weighted by molar-refractivity contribution is 5.90. The van der Waals surface area contributed by atoms with Crippen molar-refractivity contribution < 1.29 is 23.5 Å². The Bertz CT molecular complexity index is 742. The fourth-order valence-electron chi connectivity index (χ4n) is 3.09. The number of rotatable bonds is 5. The molecule has 8 heteroatoms. The Kier molecular flexibility index (Phi) is 5.95. The first kappa shape index (κ1) is 19.2. The first-order valence-corrected chi connectivity index (χ1v) is 8.97. The van der Waals surface area contributed by atoms with Gasteiger partial charge in [0.2, 0.25) is 5.91 Å². The van der Waals surface area contributed by atoms with Crippen LogP contribution in [0.4, 0.5) is 20.6 Å². The Morgan fingerprint density at radius 3 is 2.74 bits per heavy atom. The Hall–Kier alpha value is -2.61. The van der Waals surface area contributed by atoms with E-state index in [4.69, 9.17) is 9.47 Å². The van der Waals surface area contributed by atoms with E-state index in [9.17, 15) is 14.0 Å². The molecule has 2 fully saturated rings. The van der Waals surface area contributed by atoms with E-state index < -0.39 is 12.2 Å². The van der Waals surface area contributed by atoms with Crippen LogP contribution in [0.2, 0.25) is 0 Å². The minimum absolute atomic E-state index is 0.208. The molecule has 1 atom stereocenters. The second-order valence-corrected chi connectivity index (χ2v) is 6.82.